The summed E-state index contributed by atoms with van der Waals surface area (Å²) in [6.07, 6.45) is 0.281. The van der Waals surface area contributed by atoms with Gasteiger partial charge in [0.05, 0.1) is 13.2 Å². The van der Waals surface area contributed by atoms with Crippen LogP contribution >= 0.6 is 0 Å². The maximum Gasteiger partial charge on any atom is 0.254 e. The number of hydrogen-bond acceptors (Lipinski definition) is 6. The van der Waals surface area contributed by atoms with E-state index in [0.717, 1.165) is 5.56 Å². The third kappa shape index (κ3) is 6.43. The first-order valence-corrected chi connectivity index (χ1v) is 9.39. The van der Waals surface area contributed by atoms with Crippen LogP contribution in [-0.2, 0) is 20.8 Å². The molecule has 0 heterocycles. The number of nitrogens with zero attached hydrogens (tertiary/aromatic N) is 1. The van der Waals surface area contributed by atoms with Crippen molar-refractivity contribution in [2.75, 3.05) is 14.2 Å². The minimum Gasteiger partial charge on any atom is -0.497 e. The fraction of sp³-hybridized carbons (Fsp3) is 0.550. The van der Waals surface area contributed by atoms with Gasteiger partial charge in [-0.05, 0) is 37.0 Å². The number of hydroxylamine groups is 2. The predicted octanol–water partition coefficient (Wildman–Crippen LogP) is 0.482. The number of rotatable bonds is 11. The number of likely N-dealkylation sites (N-methyl/N-ethyl adjacent to an activating group) is 1. The molecule has 0 aromatic heterocycles. The highest BCUT2D eigenvalue weighted by Gasteiger charge is 2.45. The molecule has 9 heteroatoms. The molecule has 1 rings (SSSR count). The standard InChI is InChI=1S/C20H31N3O6/c1-13(2)11-20(27,14(3)23(28)12-24)19(26)22-17(18(25)21-4)10-15-6-8-16(29-5)9-7-15/h6-9,12-14,17,27-28H,10-11H2,1-5H3,(H,21,25)(H,22,26)/t14?,17-,20-/m0/s1. The number of carbonyl (C=O) groups excluding carboxylic acids is 3. The lowest BCUT2D eigenvalue weighted by Crippen LogP contribution is -2.62. The van der Waals surface area contributed by atoms with Gasteiger partial charge >= 0.3 is 0 Å². The monoisotopic (exact) mass is 409 g/mol. The summed E-state index contributed by atoms with van der Waals surface area (Å²) in [6.45, 7) is 4.94. The number of carbonyl (C=O) groups is 3. The molecule has 0 saturated carbocycles. The average Bonchev–Trinajstić information content (AvgIpc) is 2.71. The lowest BCUT2D eigenvalue weighted by molar-refractivity contribution is -0.190. The predicted molar refractivity (Wildman–Crippen MR) is 106 cm³/mol. The van der Waals surface area contributed by atoms with Gasteiger partial charge in [-0.1, -0.05) is 26.0 Å². The first-order valence-electron chi connectivity index (χ1n) is 9.39. The Hall–Kier alpha value is -2.65. The van der Waals surface area contributed by atoms with Crippen molar-refractivity contribution in [3.63, 3.8) is 0 Å². The highest BCUT2D eigenvalue weighted by atomic mass is 16.5. The van der Waals surface area contributed by atoms with Gasteiger partial charge in [0.25, 0.3) is 5.91 Å². The molecule has 0 aliphatic rings. The van der Waals surface area contributed by atoms with Crippen LogP contribution in [0.1, 0.15) is 32.8 Å². The fourth-order valence-electron chi connectivity index (χ4n) is 3.05. The summed E-state index contributed by atoms with van der Waals surface area (Å²) in [6, 6.07) is 4.84. The molecule has 0 bridgehead atoms. The van der Waals surface area contributed by atoms with Crippen LogP contribution in [0.3, 0.4) is 0 Å². The summed E-state index contributed by atoms with van der Waals surface area (Å²) in [7, 11) is 2.99. The minimum absolute atomic E-state index is 0.0199. The smallest absolute Gasteiger partial charge is 0.254 e. The molecule has 0 aliphatic carbocycles. The van der Waals surface area contributed by atoms with Gasteiger partial charge in [-0.25, -0.2) is 5.06 Å². The summed E-state index contributed by atoms with van der Waals surface area (Å²) in [5.74, 6) is -0.744. The van der Waals surface area contributed by atoms with Crippen molar-refractivity contribution in [2.45, 2.75) is 51.3 Å². The summed E-state index contributed by atoms with van der Waals surface area (Å²) in [4.78, 5) is 36.2. The van der Waals surface area contributed by atoms with Crippen molar-refractivity contribution >= 4 is 18.2 Å². The molecule has 9 nitrogen and oxygen atoms in total. The van der Waals surface area contributed by atoms with E-state index in [1.54, 1.807) is 45.2 Å². The van der Waals surface area contributed by atoms with Gasteiger partial charge in [0.15, 0.2) is 5.60 Å². The lowest BCUT2D eigenvalue weighted by Gasteiger charge is -2.37. The highest BCUT2D eigenvalue weighted by molar-refractivity contribution is 5.92. The molecule has 4 N–H and O–H groups in total. The quantitative estimate of drug-likeness (QED) is 0.239. The van der Waals surface area contributed by atoms with Crippen LogP contribution < -0.4 is 15.4 Å². The number of hydrogen-bond donors (Lipinski definition) is 4. The summed E-state index contributed by atoms with van der Waals surface area (Å²) in [5, 5.41) is 26.1. The maximum atomic E-state index is 13.0. The number of aliphatic hydroxyl groups is 1. The molecular formula is C20H31N3O6. The van der Waals surface area contributed by atoms with E-state index < -0.39 is 29.5 Å². The summed E-state index contributed by atoms with van der Waals surface area (Å²) < 4.78 is 5.11. The molecule has 1 aromatic carbocycles. The van der Waals surface area contributed by atoms with Gasteiger partial charge in [0, 0.05) is 13.5 Å². The van der Waals surface area contributed by atoms with E-state index in [0.29, 0.717) is 5.75 Å². The van der Waals surface area contributed by atoms with Crippen molar-refractivity contribution in [3.05, 3.63) is 29.8 Å². The third-order valence-corrected chi connectivity index (χ3v) is 4.78. The first-order chi connectivity index (χ1) is 13.6. The SMILES string of the molecule is CNC(=O)[C@H](Cc1ccc(OC)cc1)NC(=O)[C@](O)(CC(C)C)C(C)N(O)C=O. The molecule has 1 aromatic rings. The second kappa shape index (κ2) is 10.8. The Kier molecular flexibility index (Phi) is 9.06. The number of methoxy groups -OCH3 is 1. The van der Waals surface area contributed by atoms with Gasteiger partial charge in [0.1, 0.15) is 11.8 Å². The number of nitrogens with one attached hydrogen (secondary N) is 2. The molecule has 162 valence electrons. The Morgan fingerprint density at radius 3 is 2.28 bits per heavy atom. The van der Waals surface area contributed by atoms with Gasteiger partial charge in [-0.3, -0.25) is 19.6 Å². The Labute approximate surface area is 171 Å². The number of benzene rings is 1. The van der Waals surface area contributed by atoms with Crippen molar-refractivity contribution in [3.8, 4) is 5.75 Å². The molecule has 3 atom stereocenters. The molecule has 0 saturated heterocycles. The number of ether oxygens (including phenoxy) is 1. The Balaban J connectivity index is 3.11. The van der Waals surface area contributed by atoms with Gasteiger partial charge < -0.3 is 20.5 Å². The summed E-state index contributed by atoms with van der Waals surface area (Å²) in [5.41, 5.74) is -1.31. The number of amides is 3. The Bertz CT molecular complexity index is 694. The van der Waals surface area contributed by atoms with Crippen molar-refractivity contribution < 1.29 is 29.4 Å². The molecule has 0 fully saturated rings. The van der Waals surface area contributed by atoms with E-state index in [9.17, 15) is 24.7 Å². The fourth-order valence-corrected chi connectivity index (χ4v) is 3.05. The van der Waals surface area contributed by atoms with Crippen LogP contribution in [0.2, 0.25) is 0 Å². The molecule has 0 radical (unpaired) electrons. The Morgan fingerprint density at radius 1 is 1.24 bits per heavy atom. The van der Waals surface area contributed by atoms with Crippen LogP contribution in [-0.4, -0.2) is 65.4 Å². The van der Waals surface area contributed by atoms with Crippen molar-refractivity contribution in [2.24, 2.45) is 5.92 Å². The van der Waals surface area contributed by atoms with Crippen LogP contribution in [0.25, 0.3) is 0 Å². The molecule has 3 amide bonds. The second-order valence-electron chi connectivity index (χ2n) is 7.38. The zero-order valence-electron chi connectivity index (χ0n) is 17.5. The van der Waals surface area contributed by atoms with Crippen LogP contribution in [0, 0.1) is 5.92 Å². The van der Waals surface area contributed by atoms with E-state index in [-0.39, 0.29) is 30.2 Å². The molecule has 0 aliphatic heterocycles. The largest absolute Gasteiger partial charge is 0.497 e. The average molecular weight is 409 g/mol. The zero-order valence-corrected chi connectivity index (χ0v) is 17.5. The third-order valence-electron chi connectivity index (χ3n) is 4.78. The second-order valence-corrected chi connectivity index (χ2v) is 7.38. The lowest BCUT2D eigenvalue weighted by atomic mass is 9.85. The zero-order chi connectivity index (χ0) is 22.2. The normalized spacial score (nSPS) is 15.0. The van der Waals surface area contributed by atoms with E-state index in [2.05, 4.69) is 10.6 Å². The minimum atomic E-state index is -2.09. The maximum absolute atomic E-state index is 13.0. The first kappa shape index (κ1) is 24.4. The van der Waals surface area contributed by atoms with Crippen molar-refractivity contribution in [1.82, 2.24) is 15.7 Å². The summed E-state index contributed by atoms with van der Waals surface area (Å²) >= 11 is 0. The topological polar surface area (TPSA) is 128 Å². The van der Waals surface area contributed by atoms with Gasteiger partial charge in [-0.15, -0.1) is 0 Å². The van der Waals surface area contributed by atoms with E-state index in [4.69, 9.17) is 4.74 Å². The molecular weight excluding hydrogens is 378 g/mol. The van der Waals surface area contributed by atoms with Crippen LogP contribution in [0.15, 0.2) is 24.3 Å². The van der Waals surface area contributed by atoms with E-state index in [1.807, 2.05) is 0 Å². The van der Waals surface area contributed by atoms with Crippen LogP contribution in [0.5, 0.6) is 5.75 Å². The van der Waals surface area contributed by atoms with E-state index in [1.165, 1.54) is 14.0 Å². The van der Waals surface area contributed by atoms with Crippen LogP contribution in [0.4, 0.5) is 0 Å². The molecule has 0 spiro atoms. The highest BCUT2D eigenvalue weighted by Crippen LogP contribution is 2.24. The van der Waals surface area contributed by atoms with Gasteiger partial charge in [0.2, 0.25) is 12.3 Å². The van der Waals surface area contributed by atoms with Gasteiger partial charge in [-0.2, -0.15) is 0 Å². The Morgan fingerprint density at radius 2 is 1.83 bits per heavy atom. The molecule has 1 unspecified atom stereocenters. The molecule has 29 heavy (non-hydrogen) atoms. The van der Waals surface area contributed by atoms with Crippen molar-refractivity contribution in [1.29, 1.82) is 0 Å². The van der Waals surface area contributed by atoms with E-state index >= 15 is 0 Å².